The van der Waals surface area contributed by atoms with Crippen LogP contribution in [0.25, 0.3) is 16.9 Å². The van der Waals surface area contributed by atoms with Gasteiger partial charge in [0.05, 0.1) is 16.9 Å². The predicted octanol–water partition coefficient (Wildman–Crippen LogP) is 3.19. The molecule has 84 valence electrons. The predicted molar refractivity (Wildman–Crippen MR) is 63.4 cm³/mol. The van der Waals surface area contributed by atoms with Gasteiger partial charge in [0.15, 0.2) is 5.65 Å². The van der Waals surface area contributed by atoms with E-state index in [1.54, 1.807) is 24.7 Å². The van der Waals surface area contributed by atoms with Crippen LogP contribution in [-0.4, -0.2) is 14.4 Å². The molecular weight excluding hydrogens is 241 g/mol. The maximum Gasteiger partial charge on any atom is 0.155 e. The number of imidazole rings is 1. The topological polar surface area (TPSA) is 30.2 Å². The molecule has 0 radical (unpaired) electrons. The van der Waals surface area contributed by atoms with Crippen LogP contribution < -0.4 is 0 Å². The maximum absolute atomic E-state index is 12.9. The lowest BCUT2D eigenvalue weighted by atomic mass is 10.2. The number of benzene rings is 1. The summed E-state index contributed by atoms with van der Waals surface area (Å²) in [6, 6.07) is 4.26. The summed E-state index contributed by atoms with van der Waals surface area (Å²) < 4.78 is 14.8. The van der Waals surface area contributed by atoms with Gasteiger partial charge in [-0.25, -0.2) is 9.37 Å². The van der Waals surface area contributed by atoms with E-state index in [4.69, 9.17) is 11.6 Å². The second-order valence-electron chi connectivity index (χ2n) is 3.59. The second-order valence-corrected chi connectivity index (χ2v) is 4.00. The van der Waals surface area contributed by atoms with Gasteiger partial charge in [0.1, 0.15) is 5.82 Å². The number of hydrogen-bond acceptors (Lipinski definition) is 2. The van der Waals surface area contributed by atoms with Crippen LogP contribution in [0, 0.1) is 5.82 Å². The van der Waals surface area contributed by atoms with E-state index in [2.05, 4.69) is 9.97 Å². The van der Waals surface area contributed by atoms with Crippen molar-refractivity contribution in [1.82, 2.24) is 14.4 Å². The first-order chi connectivity index (χ1) is 8.24. The third-order valence-electron chi connectivity index (χ3n) is 2.47. The van der Waals surface area contributed by atoms with Crippen molar-refractivity contribution in [3.05, 3.63) is 53.8 Å². The highest BCUT2D eigenvalue weighted by Crippen LogP contribution is 2.27. The molecule has 0 aliphatic heterocycles. The summed E-state index contributed by atoms with van der Waals surface area (Å²) in [6.45, 7) is 0. The summed E-state index contributed by atoms with van der Waals surface area (Å²) in [7, 11) is 0. The number of rotatable bonds is 1. The summed E-state index contributed by atoms with van der Waals surface area (Å²) in [5.74, 6) is -0.357. The van der Waals surface area contributed by atoms with E-state index in [1.807, 2.05) is 10.6 Å². The minimum atomic E-state index is -0.357. The van der Waals surface area contributed by atoms with E-state index >= 15 is 0 Å². The Morgan fingerprint density at radius 3 is 2.94 bits per heavy atom. The van der Waals surface area contributed by atoms with Gasteiger partial charge in [-0.1, -0.05) is 11.6 Å². The fraction of sp³-hybridized carbons (Fsp3) is 0. The molecule has 0 unspecified atom stereocenters. The van der Waals surface area contributed by atoms with Crippen LogP contribution in [0.15, 0.2) is 43.0 Å². The second kappa shape index (κ2) is 3.82. The average molecular weight is 248 g/mol. The first-order valence-corrected chi connectivity index (χ1v) is 5.36. The minimum Gasteiger partial charge on any atom is -0.304 e. The summed E-state index contributed by atoms with van der Waals surface area (Å²) in [5, 5.41) is 0.348. The molecule has 3 nitrogen and oxygen atoms in total. The van der Waals surface area contributed by atoms with Gasteiger partial charge in [0.2, 0.25) is 0 Å². The fourth-order valence-corrected chi connectivity index (χ4v) is 1.93. The minimum absolute atomic E-state index is 0.348. The van der Waals surface area contributed by atoms with Crippen LogP contribution in [0.4, 0.5) is 4.39 Å². The van der Waals surface area contributed by atoms with E-state index in [0.717, 1.165) is 5.65 Å². The molecule has 0 saturated heterocycles. The largest absolute Gasteiger partial charge is 0.304 e. The molecule has 5 heteroatoms. The summed E-state index contributed by atoms with van der Waals surface area (Å²) in [6.07, 6.45) is 6.95. The smallest absolute Gasteiger partial charge is 0.155 e. The fourth-order valence-electron chi connectivity index (χ4n) is 1.67. The van der Waals surface area contributed by atoms with Crippen molar-refractivity contribution < 1.29 is 4.39 Å². The first-order valence-electron chi connectivity index (χ1n) is 4.98. The molecule has 0 atom stereocenters. The maximum atomic E-state index is 12.9. The van der Waals surface area contributed by atoms with Gasteiger partial charge in [0, 0.05) is 24.2 Å². The number of nitrogens with zero attached hydrogens (tertiary/aromatic N) is 3. The molecule has 1 aromatic carbocycles. The highest BCUT2D eigenvalue weighted by Gasteiger charge is 2.08. The van der Waals surface area contributed by atoms with E-state index in [9.17, 15) is 4.39 Å². The summed E-state index contributed by atoms with van der Waals surface area (Å²) in [5.41, 5.74) is 2.13. The van der Waals surface area contributed by atoms with Gasteiger partial charge in [-0.15, -0.1) is 0 Å². The van der Waals surface area contributed by atoms with Gasteiger partial charge in [0.25, 0.3) is 0 Å². The Morgan fingerprint density at radius 2 is 2.18 bits per heavy atom. The Morgan fingerprint density at radius 1 is 1.29 bits per heavy atom. The zero-order valence-electron chi connectivity index (χ0n) is 8.64. The molecule has 0 fully saturated rings. The van der Waals surface area contributed by atoms with Gasteiger partial charge in [-0.2, -0.15) is 0 Å². The third kappa shape index (κ3) is 1.76. The van der Waals surface area contributed by atoms with E-state index in [0.29, 0.717) is 16.3 Å². The van der Waals surface area contributed by atoms with Crippen molar-refractivity contribution in [2.45, 2.75) is 0 Å². The highest BCUT2D eigenvalue weighted by molar-refractivity contribution is 6.33. The SMILES string of the molecule is Fc1ccc(-c2cn3ccncc3n2)c(Cl)c1. The van der Waals surface area contributed by atoms with Gasteiger partial charge < -0.3 is 4.40 Å². The van der Waals surface area contributed by atoms with E-state index < -0.39 is 0 Å². The van der Waals surface area contributed by atoms with Gasteiger partial charge in [-0.3, -0.25) is 4.98 Å². The Hall–Kier alpha value is -1.94. The average Bonchev–Trinajstić information content (AvgIpc) is 2.72. The van der Waals surface area contributed by atoms with Crippen molar-refractivity contribution in [1.29, 1.82) is 0 Å². The molecule has 0 bridgehead atoms. The lowest BCUT2D eigenvalue weighted by Gasteiger charge is -1.99. The summed E-state index contributed by atoms with van der Waals surface area (Å²) >= 11 is 5.99. The Kier molecular flexibility index (Phi) is 2.30. The number of aromatic nitrogens is 3. The van der Waals surface area contributed by atoms with Crippen LogP contribution in [0.3, 0.4) is 0 Å². The molecule has 0 aliphatic carbocycles. The molecule has 3 aromatic rings. The Labute approximate surface area is 102 Å². The zero-order chi connectivity index (χ0) is 11.8. The molecule has 17 heavy (non-hydrogen) atoms. The van der Waals surface area contributed by atoms with Gasteiger partial charge >= 0.3 is 0 Å². The van der Waals surface area contributed by atoms with Crippen LogP contribution in [0.2, 0.25) is 5.02 Å². The highest BCUT2D eigenvalue weighted by atomic mass is 35.5. The lowest BCUT2D eigenvalue weighted by Crippen LogP contribution is -1.81. The standard InChI is InChI=1S/C12H7ClFN3/c13-10-5-8(14)1-2-9(10)11-7-17-4-3-15-6-12(17)16-11/h1-7H. The quantitative estimate of drug-likeness (QED) is 0.661. The molecule has 0 saturated carbocycles. The molecule has 0 aliphatic rings. The number of fused-ring (bicyclic) bond motifs is 1. The molecule has 0 N–H and O–H groups in total. The third-order valence-corrected chi connectivity index (χ3v) is 2.78. The van der Waals surface area contributed by atoms with Crippen molar-refractivity contribution in [3.8, 4) is 11.3 Å². The molecule has 2 aromatic heterocycles. The molecular formula is C12H7ClFN3. The Balaban J connectivity index is 2.20. The number of hydrogen-bond donors (Lipinski definition) is 0. The van der Waals surface area contributed by atoms with E-state index in [1.165, 1.54) is 12.1 Å². The van der Waals surface area contributed by atoms with Crippen molar-refractivity contribution >= 4 is 17.2 Å². The molecule has 0 amide bonds. The molecule has 2 heterocycles. The lowest BCUT2D eigenvalue weighted by molar-refractivity contribution is 0.628. The van der Waals surface area contributed by atoms with Crippen LogP contribution in [-0.2, 0) is 0 Å². The molecule has 0 spiro atoms. The normalized spacial score (nSPS) is 10.9. The molecule has 3 rings (SSSR count). The van der Waals surface area contributed by atoms with Crippen LogP contribution >= 0.6 is 11.6 Å². The first kappa shape index (κ1) is 10.2. The van der Waals surface area contributed by atoms with Crippen molar-refractivity contribution in [2.24, 2.45) is 0 Å². The van der Waals surface area contributed by atoms with Gasteiger partial charge in [-0.05, 0) is 18.2 Å². The van der Waals surface area contributed by atoms with Crippen LogP contribution in [0.5, 0.6) is 0 Å². The monoisotopic (exact) mass is 247 g/mol. The number of halogens is 2. The Bertz CT molecular complexity index is 660. The summed E-state index contributed by atoms with van der Waals surface area (Å²) in [4.78, 5) is 8.35. The van der Waals surface area contributed by atoms with Crippen molar-refractivity contribution in [3.63, 3.8) is 0 Å². The van der Waals surface area contributed by atoms with Crippen LogP contribution in [0.1, 0.15) is 0 Å². The van der Waals surface area contributed by atoms with E-state index in [-0.39, 0.29) is 5.82 Å². The zero-order valence-corrected chi connectivity index (χ0v) is 9.39. The van der Waals surface area contributed by atoms with Crippen molar-refractivity contribution in [2.75, 3.05) is 0 Å².